The number of pyridine rings is 1. The molecule has 0 saturated carbocycles. The Morgan fingerprint density at radius 2 is 1.75 bits per heavy atom. The largest absolute Gasteiger partial charge is 0.444 e. The molecule has 36 heavy (non-hydrogen) atoms. The molecule has 0 fully saturated rings. The number of anilines is 1. The minimum absolute atomic E-state index is 0.137. The Labute approximate surface area is 213 Å². The first-order valence-corrected chi connectivity index (χ1v) is 12.5. The summed E-state index contributed by atoms with van der Waals surface area (Å²) in [4.78, 5) is 30.7. The fourth-order valence-corrected chi connectivity index (χ4v) is 4.99. The van der Waals surface area contributed by atoms with Crippen LogP contribution in [-0.4, -0.2) is 28.6 Å². The van der Waals surface area contributed by atoms with Crippen molar-refractivity contribution in [3.8, 4) is 11.1 Å². The van der Waals surface area contributed by atoms with Crippen molar-refractivity contribution in [2.24, 2.45) is 0 Å². The second kappa shape index (κ2) is 10.5. The number of ether oxygens (including phenoxy) is 1. The van der Waals surface area contributed by atoms with Crippen molar-refractivity contribution in [2.45, 2.75) is 71.4 Å². The maximum absolute atomic E-state index is 13.6. The molecule has 2 N–H and O–H groups in total. The summed E-state index contributed by atoms with van der Waals surface area (Å²) in [5, 5.41) is 5.90. The summed E-state index contributed by atoms with van der Waals surface area (Å²) < 4.78 is 5.50. The number of hydrogen-bond donors (Lipinski definition) is 2. The Morgan fingerprint density at radius 3 is 2.44 bits per heavy atom. The van der Waals surface area contributed by atoms with Crippen molar-refractivity contribution >= 4 is 17.7 Å². The van der Waals surface area contributed by atoms with E-state index in [-0.39, 0.29) is 11.8 Å². The molecule has 3 aromatic rings. The van der Waals surface area contributed by atoms with Crippen LogP contribution in [0.25, 0.3) is 11.1 Å². The highest BCUT2D eigenvalue weighted by Crippen LogP contribution is 2.35. The lowest BCUT2D eigenvalue weighted by molar-refractivity contribution is -0.118. The number of benzene rings is 2. The van der Waals surface area contributed by atoms with Crippen LogP contribution >= 0.6 is 0 Å². The van der Waals surface area contributed by atoms with E-state index < -0.39 is 17.7 Å². The van der Waals surface area contributed by atoms with Gasteiger partial charge in [0.2, 0.25) is 5.91 Å². The zero-order valence-electron chi connectivity index (χ0n) is 21.7. The van der Waals surface area contributed by atoms with E-state index in [1.807, 2.05) is 76.4 Å². The zero-order valence-corrected chi connectivity index (χ0v) is 21.7. The topological polar surface area (TPSA) is 80.3 Å². The molecule has 1 aliphatic rings. The van der Waals surface area contributed by atoms with Crippen LogP contribution in [0, 0.1) is 13.8 Å². The molecule has 0 unspecified atom stereocenters. The van der Waals surface area contributed by atoms with Crippen LogP contribution in [0.5, 0.6) is 0 Å². The first-order valence-electron chi connectivity index (χ1n) is 12.5. The molecule has 0 saturated heterocycles. The van der Waals surface area contributed by atoms with Gasteiger partial charge in [-0.15, -0.1) is 0 Å². The minimum atomic E-state index is -0.760. The highest BCUT2D eigenvalue weighted by atomic mass is 16.6. The maximum atomic E-state index is 13.6. The molecule has 4 rings (SSSR count). The molecule has 0 aliphatic heterocycles. The summed E-state index contributed by atoms with van der Waals surface area (Å²) in [6, 6.07) is 17.1. The van der Waals surface area contributed by atoms with Gasteiger partial charge >= 0.3 is 6.09 Å². The third kappa shape index (κ3) is 5.93. The van der Waals surface area contributed by atoms with E-state index in [0.717, 1.165) is 47.2 Å². The predicted octanol–water partition coefficient (Wildman–Crippen LogP) is 6.32. The van der Waals surface area contributed by atoms with Crippen molar-refractivity contribution in [3.63, 3.8) is 0 Å². The van der Waals surface area contributed by atoms with Crippen LogP contribution < -0.4 is 10.6 Å². The van der Waals surface area contributed by atoms with Gasteiger partial charge in [0.25, 0.3) is 0 Å². The number of aromatic nitrogens is 1. The number of rotatable bonds is 5. The fourth-order valence-electron chi connectivity index (χ4n) is 4.99. The second-order valence-electron chi connectivity index (χ2n) is 10.5. The van der Waals surface area contributed by atoms with Crippen molar-refractivity contribution in [3.05, 3.63) is 83.2 Å². The summed E-state index contributed by atoms with van der Waals surface area (Å²) >= 11 is 0. The first kappa shape index (κ1) is 25.4. The lowest BCUT2D eigenvalue weighted by atomic mass is 9.78. The van der Waals surface area contributed by atoms with Crippen LogP contribution in [0.1, 0.15) is 61.9 Å². The lowest BCUT2D eigenvalue weighted by Crippen LogP contribution is -2.49. The Hall–Kier alpha value is -3.67. The van der Waals surface area contributed by atoms with E-state index in [1.54, 1.807) is 0 Å². The van der Waals surface area contributed by atoms with E-state index in [9.17, 15) is 9.59 Å². The van der Waals surface area contributed by atoms with Gasteiger partial charge in [0.05, 0.1) is 0 Å². The van der Waals surface area contributed by atoms with Gasteiger partial charge in [0, 0.05) is 29.1 Å². The Kier molecular flexibility index (Phi) is 7.43. The third-order valence-corrected chi connectivity index (χ3v) is 6.56. The molecule has 1 aliphatic carbocycles. The molecule has 0 radical (unpaired) electrons. The molecular formula is C30H35N3O3. The fraction of sp³-hybridized carbons (Fsp3) is 0.367. The Morgan fingerprint density at radius 1 is 1.03 bits per heavy atom. The van der Waals surface area contributed by atoms with Crippen LogP contribution in [-0.2, 0) is 16.0 Å². The lowest BCUT2D eigenvalue weighted by Gasteiger charge is -2.32. The first-order chi connectivity index (χ1) is 17.1. The molecule has 0 spiro atoms. The van der Waals surface area contributed by atoms with Gasteiger partial charge in [-0.25, -0.2) is 4.79 Å². The number of carbonyl (C=O) groups excluding carboxylic acids is 2. The molecule has 1 heterocycles. The SMILES string of the molecule is Cc1ccnc(C)c1-c1ccc(NC(=O)[C@@H](NC(=O)OC(C)(C)C)[C@H]2CCCc3ccccc32)cc1. The molecule has 188 valence electrons. The third-order valence-electron chi connectivity index (χ3n) is 6.56. The average Bonchev–Trinajstić information content (AvgIpc) is 2.82. The second-order valence-corrected chi connectivity index (χ2v) is 10.5. The van der Waals surface area contributed by atoms with Gasteiger partial charge in [-0.1, -0.05) is 36.4 Å². The molecule has 0 bridgehead atoms. The highest BCUT2D eigenvalue weighted by Gasteiger charge is 2.35. The van der Waals surface area contributed by atoms with E-state index in [1.165, 1.54) is 5.56 Å². The molecule has 6 nitrogen and oxygen atoms in total. The highest BCUT2D eigenvalue weighted by molar-refractivity contribution is 5.97. The number of carbonyl (C=O) groups is 2. The van der Waals surface area contributed by atoms with Crippen LogP contribution in [0.3, 0.4) is 0 Å². The summed E-state index contributed by atoms with van der Waals surface area (Å²) in [5.41, 5.74) is 6.60. The standard InChI is InChI=1S/C30H35N3O3/c1-19-17-18-31-20(2)26(19)22-13-15-23(16-14-22)32-28(34)27(33-29(35)36-30(3,4)5)25-12-8-10-21-9-6-7-11-24(21)25/h6-7,9,11,13-18,25,27H,8,10,12H2,1-5H3,(H,32,34)(H,33,35)/t25-,27-/m0/s1. The Bertz CT molecular complexity index is 1220. The van der Waals surface area contributed by atoms with Crippen LogP contribution in [0.2, 0.25) is 0 Å². The summed E-state index contributed by atoms with van der Waals surface area (Å²) in [7, 11) is 0. The van der Waals surface area contributed by atoms with Crippen LogP contribution in [0.15, 0.2) is 60.8 Å². The van der Waals surface area contributed by atoms with Gasteiger partial charge < -0.3 is 15.4 Å². The zero-order chi connectivity index (χ0) is 25.9. The van der Waals surface area contributed by atoms with Crippen LogP contribution in [0.4, 0.5) is 10.5 Å². The minimum Gasteiger partial charge on any atom is -0.444 e. The maximum Gasteiger partial charge on any atom is 0.408 e. The summed E-state index contributed by atoms with van der Waals surface area (Å²) in [6.45, 7) is 9.49. The summed E-state index contributed by atoms with van der Waals surface area (Å²) in [6.07, 6.45) is 3.96. The number of hydrogen-bond acceptors (Lipinski definition) is 4. The molecular weight excluding hydrogens is 450 g/mol. The van der Waals surface area contributed by atoms with E-state index in [4.69, 9.17) is 4.74 Å². The summed E-state index contributed by atoms with van der Waals surface area (Å²) in [5.74, 6) is -0.397. The van der Waals surface area contributed by atoms with E-state index in [2.05, 4.69) is 34.7 Å². The molecule has 2 amide bonds. The number of aryl methyl sites for hydroxylation is 3. The van der Waals surface area contributed by atoms with Gasteiger partial charge in [-0.05, 0) is 94.3 Å². The van der Waals surface area contributed by atoms with E-state index >= 15 is 0 Å². The van der Waals surface area contributed by atoms with Gasteiger partial charge in [-0.3, -0.25) is 9.78 Å². The number of nitrogens with one attached hydrogen (secondary N) is 2. The quantitative estimate of drug-likeness (QED) is 0.443. The van der Waals surface area contributed by atoms with Gasteiger partial charge in [-0.2, -0.15) is 0 Å². The smallest absolute Gasteiger partial charge is 0.408 e. The predicted molar refractivity (Wildman–Crippen MR) is 143 cm³/mol. The molecule has 1 aromatic heterocycles. The number of amides is 2. The normalized spacial score (nSPS) is 16.0. The number of fused-ring (bicyclic) bond motifs is 1. The van der Waals surface area contributed by atoms with Crippen molar-refractivity contribution < 1.29 is 14.3 Å². The molecule has 2 atom stereocenters. The molecule has 2 aromatic carbocycles. The monoisotopic (exact) mass is 485 g/mol. The van der Waals surface area contributed by atoms with Gasteiger partial charge in [0.1, 0.15) is 11.6 Å². The van der Waals surface area contributed by atoms with Gasteiger partial charge in [0.15, 0.2) is 0 Å². The number of alkyl carbamates (subject to hydrolysis) is 1. The van der Waals surface area contributed by atoms with Crippen molar-refractivity contribution in [1.82, 2.24) is 10.3 Å². The van der Waals surface area contributed by atoms with Crippen molar-refractivity contribution in [1.29, 1.82) is 0 Å². The van der Waals surface area contributed by atoms with E-state index in [0.29, 0.717) is 5.69 Å². The average molecular weight is 486 g/mol. The Balaban J connectivity index is 1.58. The molecule has 6 heteroatoms. The van der Waals surface area contributed by atoms with Crippen molar-refractivity contribution in [2.75, 3.05) is 5.32 Å². The number of nitrogens with zero attached hydrogens (tertiary/aromatic N) is 1.